The van der Waals surface area contributed by atoms with Gasteiger partial charge in [0.25, 0.3) is 0 Å². The van der Waals surface area contributed by atoms with Crippen molar-refractivity contribution >= 4 is 5.78 Å². The maximum Gasteiger partial charge on any atom is 0.147 e. The van der Waals surface area contributed by atoms with Crippen LogP contribution in [0.25, 0.3) is 0 Å². The molecule has 2 fully saturated rings. The minimum Gasteiger partial charge on any atom is -0.497 e. The summed E-state index contributed by atoms with van der Waals surface area (Å²) >= 11 is 0. The standard InChI is InChI=1S/C21H27NO.C18H25NO/c1-5-20(23)21(16-17(2)22(3)4,18-12-8-6-9-13-18)19-14-10-7-11-15-19;1-19-10-9-18-8-4-3-5-15(18)17(19)11-13-6-7-14(20-2)12-16(13)18/h6-15,17H,5,16H2,1-4H3;6-7,12,15,17H,3-5,8-11H2,1-2H3/t;15-,17+,18+/m.1/s1. The Morgan fingerprint density at radius 2 is 1.65 bits per heavy atom. The first-order valence-corrected chi connectivity index (χ1v) is 16.4. The Labute approximate surface area is 260 Å². The summed E-state index contributed by atoms with van der Waals surface area (Å²) in [6, 6.07) is 28.3. The number of methoxy groups -OCH3 is 1. The van der Waals surface area contributed by atoms with E-state index < -0.39 is 5.41 Å². The summed E-state index contributed by atoms with van der Waals surface area (Å²) in [5.41, 5.74) is 5.27. The Morgan fingerprint density at radius 3 is 2.23 bits per heavy atom. The number of likely N-dealkylation sites (tertiary alicyclic amines) is 1. The predicted octanol–water partition coefficient (Wildman–Crippen LogP) is 7.68. The van der Waals surface area contributed by atoms with Crippen LogP contribution in [0.3, 0.4) is 0 Å². The highest BCUT2D eigenvalue weighted by Crippen LogP contribution is 2.56. The number of Topliss-reactive ketones (excluding diaryl/α,β-unsaturated/α-hetero) is 1. The first kappa shape index (κ1) is 31.5. The monoisotopic (exact) mass is 580 g/mol. The average molecular weight is 581 g/mol. The second kappa shape index (κ2) is 13.4. The van der Waals surface area contributed by atoms with Gasteiger partial charge in [0.2, 0.25) is 0 Å². The zero-order valence-electron chi connectivity index (χ0n) is 27.3. The SMILES string of the molecule is CCC(=O)C(CC(C)N(C)C)(c1ccccc1)c1ccccc1.COc1ccc2c(c1)[C@]13CCCC[C@@H]1[C@H](C2)N(C)CC3. The molecule has 4 nitrogen and oxygen atoms in total. The minimum atomic E-state index is -0.582. The van der Waals surface area contributed by atoms with Gasteiger partial charge in [-0.1, -0.05) is 86.5 Å². The molecule has 2 bridgehead atoms. The highest BCUT2D eigenvalue weighted by molar-refractivity contribution is 5.93. The molecule has 3 aliphatic rings. The van der Waals surface area contributed by atoms with Crippen LogP contribution in [-0.4, -0.2) is 62.5 Å². The molecule has 4 heteroatoms. The number of likely N-dealkylation sites (N-methyl/N-ethyl adjacent to an activating group) is 1. The zero-order chi connectivity index (χ0) is 30.6. The molecule has 0 N–H and O–H groups in total. The van der Waals surface area contributed by atoms with Crippen molar-refractivity contribution in [1.29, 1.82) is 0 Å². The van der Waals surface area contributed by atoms with Gasteiger partial charge in [0.05, 0.1) is 12.5 Å². The molecular formula is C39H52N2O2. The molecule has 3 aromatic carbocycles. The van der Waals surface area contributed by atoms with Crippen molar-refractivity contribution in [2.24, 2.45) is 5.92 Å². The molecule has 0 aromatic heterocycles. The van der Waals surface area contributed by atoms with Crippen molar-refractivity contribution in [3.8, 4) is 5.75 Å². The lowest BCUT2D eigenvalue weighted by molar-refractivity contribution is -0.123. The first-order chi connectivity index (χ1) is 20.8. The van der Waals surface area contributed by atoms with Gasteiger partial charge in [-0.05, 0) is 107 Å². The molecule has 1 saturated heterocycles. The number of carbonyl (C=O) groups excluding carboxylic acids is 1. The molecule has 6 rings (SSSR count). The van der Waals surface area contributed by atoms with E-state index in [1.807, 2.05) is 43.3 Å². The number of ketones is 1. The average Bonchev–Trinajstić information content (AvgIpc) is 3.05. The summed E-state index contributed by atoms with van der Waals surface area (Å²) in [5, 5.41) is 0. The van der Waals surface area contributed by atoms with Crippen LogP contribution in [0.15, 0.2) is 78.9 Å². The summed E-state index contributed by atoms with van der Waals surface area (Å²) in [6.45, 7) is 5.41. The molecule has 230 valence electrons. The second-order valence-electron chi connectivity index (χ2n) is 13.5. The van der Waals surface area contributed by atoms with Gasteiger partial charge in [-0.3, -0.25) is 4.79 Å². The van der Waals surface area contributed by atoms with Crippen molar-refractivity contribution in [2.45, 2.75) is 88.1 Å². The van der Waals surface area contributed by atoms with Gasteiger partial charge in [-0.25, -0.2) is 0 Å². The van der Waals surface area contributed by atoms with E-state index in [0.29, 0.717) is 17.9 Å². The largest absolute Gasteiger partial charge is 0.497 e. The number of carbonyl (C=O) groups is 1. The number of rotatable bonds is 8. The van der Waals surface area contributed by atoms with E-state index in [2.05, 4.69) is 80.3 Å². The van der Waals surface area contributed by atoms with Crippen molar-refractivity contribution < 1.29 is 9.53 Å². The third kappa shape index (κ3) is 5.93. The van der Waals surface area contributed by atoms with Crippen LogP contribution in [-0.2, 0) is 22.0 Å². The molecule has 4 atom stereocenters. The Hall–Kier alpha value is -2.95. The van der Waals surface area contributed by atoms with E-state index in [1.165, 1.54) is 45.1 Å². The van der Waals surface area contributed by atoms with Crippen LogP contribution in [0.2, 0.25) is 0 Å². The summed E-state index contributed by atoms with van der Waals surface area (Å²) < 4.78 is 5.51. The fourth-order valence-electron chi connectivity index (χ4n) is 8.51. The Bertz CT molecular complexity index is 1310. The molecule has 1 heterocycles. The highest BCUT2D eigenvalue weighted by atomic mass is 16.5. The second-order valence-corrected chi connectivity index (χ2v) is 13.5. The van der Waals surface area contributed by atoms with Crippen LogP contribution in [0.5, 0.6) is 5.75 Å². The lowest BCUT2D eigenvalue weighted by Crippen LogP contribution is -2.59. The van der Waals surface area contributed by atoms with Gasteiger partial charge in [0.15, 0.2) is 0 Å². The van der Waals surface area contributed by atoms with Gasteiger partial charge in [0, 0.05) is 23.9 Å². The van der Waals surface area contributed by atoms with Gasteiger partial charge in [-0.15, -0.1) is 0 Å². The fraction of sp³-hybridized carbons (Fsp3) is 0.513. The summed E-state index contributed by atoms with van der Waals surface area (Å²) in [6.07, 6.45) is 9.53. The van der Waals surface area contributed by atoms with Crippen LogP contribution >= 0.6 is 0 Å². The smallest absolute Gasteiger partial charge is 0.147 e. The Kier molecular flexibility index (Phi) is 9.78. The van der Waals surface area contributed by atoms with Gasteiger partial charge >= 0.3 is 0 Å². The van der Waals surface area contributed by atoms with Crippen molar-refractivity contribution in [1.82, 2.24) is 9.80 Å². The van der Waals surface area contributed by atoms with E-state index in [1.54, 1.807) is 18.2 Å². The third-order valence-corrected chi connectivity index (χ3v) is 11.1. The number of fused-ring (bicyclic) bond motifs is 1. The van der Waals surface area contributed by atoms with E-state index in [0.717, 1.165) is 35.3 Å². The first-order valence-electron chi connectivity index (χ1n) is 16.4. The Balaban J connectivity index is 0.000000172. The van der Waals surface area contributed by atoms with E-state index >= 15 is 0 Å². The molecule has 1 aliphatic heterocycles. The maximum absolute atomic E-state index is 13.2. The predicted molar refractivity (Wildman–Crippen MR) is 178 cm³/mol. The highest BCUT2D eigenvalue weighted by Gasteiger charge is 2.53. The third-order valence-electron chi connectivity index (χ3n) is 11.1. The number of ether oxygens (including phenoxy) is 1. The zero-order valence-corrected chi connectivity index (χ0v) is 27.3. The summed E-state index contributed by atoms with van der Waals surface area (Å²) in [7, 11) is 8.26. The number of benzene rings is 3. The quantitative estimate of drug-likeness (QED) is 0.274. The van der Waals surface area contributed by atoms with Crippen molar-refractivity contribution in [3.63, 3.8) is 0 Å². The summed E-state index contributed by atoms with van der Waals surface area (Å²) in [5.74, 6) is 2.19. The van der Waals surface area contributed by atoms with E-state index in [4.69, 9.17) is 4.74 Å². The van der Waals surface area contributed by atoms with E-state index in [9.17, 15) is 4.79 Å². The van der Waals surface area contributed by atoms with Crippen LogP contribution < -0.4 is 4.74 Å². The van der Waals surface area contributed by atoms with Gasteiger partial charge in [0.1, 0.15) is 11.5 Å². The molecule has 2 aliphatic carbocycles. The lowest BCUT2D eigenvalue weighted by Gasteiger charge is -2.58. The molecule has 0 spiro atoms. The number of nitrogens with zero attached hydrogens (tertiary/aromatic N) is 2. The van der Waals surface area contributed by atoms with Gasteiger partial charge < -0.3 is 14.5 Å². The maximum atomic E-state index is 13.2. The number of piperidine rings is 1. The van der Waals surface area contributed by atoms with E-state index in [-0.39, 0.29) is 5.78 Å². The topological polar surface area (TPSA) is 32.8 Å². The lowest BCUT2D eigenvalue weighted by atomic mass is 9.52. The Morgan fingerprint density at radius 1 is 1.00 bits per heavy atom. The number of hydrogen-bond acceptors (Lipinski definition) is 4. The normalized spacial score (nSPS) is 23.8. The summed E-state index contributed by atoms with van der Waals surface area (Å²) in [4.78, 5) is 18.0. The van der Waals surface area contributed by atoms with Crippen molar-refractivity contribution in [2.75, 3.05) is 34.8 Å². The van der Waals surface area contributed by atoms with Crippen LogP contribution in [0.4, 0.5) is 0 Å². The van der Waals surface area contributed by atoms with Crippen LogP contribution in [0, 0.1) is 5.92 Å². The molecule has 1 saturated carbocycles. The molecule has 0 amide bonds. The molecule has 43 heavy (non-hydrogen) atoms. The van der Waals surface area contributed by atoms with Gasteiger partial charge in [-0.2, -0.15) is 0 Å². The molecule has 3 aromatic rings. The van der Waals surface area contributed by atoms with Crippen molar-refractivity contribution in [3.05, 3.63) is 101 Å². The van der Waals surface area contributed by atoms with Crippen LogP contribution in [0.1, 0.15) is 81.0 Å². The fourth-order valence-corrected chi connectivity index (χ4v) is 8.51. The minimum absolute atomic E-state index is 0.281. The number of hydrogen-bond donors (Lipinski definition) is 0. The molecular weight excluding hydrogens is 528 g/mol. The molecule has 1 unspecified atom stereocenters. The molecule has 0 radical (unpaired) electrons.